The van der Waals surface area contributed by atoms with Gasteiger partial charge in [-0.25, -0.2) is 0 Å². The second-order valence-corrected chi connectivity index (χ2v) is 8.05. The van der Waals surface area contributed by atoms with E-state index in [-0.39, 0.29) is 17.7 Å². The maximum atomic E-state index is 12.8. The average molecular weight is 355 g/mol. The zero-order chi connectivity index (χ0) is 17.9. The number of anilines is 2. The average Bonchev–Trinajstić information content (AvgIpc) is 3.42. The SMILES string of the molecule is O=C(Nc1ccccc1N1CCCCCC1)C1CC(=O)N(CC2CC2)C1. The molecule has 5 nitrogen and oxygen atoms in total. The molecule has 2 saturated heterocycles. The van der Waals surface area contributed by atoms with Gasteiger partial charge in [0.1, 0.15) is 0 Å². The van der Waals surface area contributed by atoms with Gasteiger partial charge in [-0.1, -0.05) is 25.0 Å². The lowest BCUT2D eigenvalue weighted by molar-refractivity contribution is -0.128. The molecule has 0 radical (unpaired) electrons. The van der Waals surface area contributed by atoms with E-state index in [0.29, 0.717) is 18.9 Å². The monoisotopic (exact) mass is 355 g/mol. The van der Waals surface area contributed by atoms with E-state index >= 15 is 0 Å². The molecule has 1 N–H and O–H groups in total. The highest BCUT2D eigenvalue weighted by Crippen LogP contribution is 2.33. The molecule has 2 amide bonds. The van der Waals surface area contributed by atoms with Crippen LogP contribution in [0.3, 0.4) is 0 Å². The number of likely N-dealkylation sites (tertiary alicyclic amines) is 1. The van der Waals surface area contributed by atoms with Crippen LogP contribution in [0.15, 0.2) is 24.3 Å². The van der Waals surface area contributed by atoms with Gasteiger partial charge in [-0.15, -0.1) is 0 Å². The smallest absolute Gasteiger partial charge is 0.229 e. The third-order valence-electron chi connectivity index (χ3n) is 5.87. The van der Waals surface area contributed by atoms with Gasteiger partial charge in [0.25, 0.3) is 0 Å². The van der Waals surface area contributed by atoms with Crippen molar-refractivity contribution in [3.05, 3.63) is 24.3 Å². The molecule has 1 atom stereocenters. The number of carbonyl (C=O) groups excluding carboxylic acids is 2. The summed E-state index contributed by atoms with van der Waals surface area (Å²) < 4.78 is 0. The van der Waals surface area contributed by atoms with Gasteiger partial charge in [0.15, 0.2) is 0 Å². The Morgan fingerprint density at radius 2 is 1.81 bits per heavy atom. The van der Waals surface area contributed by atoms with E-state index in [1.807, 2.05) is 23.1 Å². The Morgan fingerprint density at radius 1 is 1.08 bits per heavy atom. The molecule has 1 aromatic rings. The third-order valence-corrected chi connectivity index (χ3v) is 5.87. The highest BCUT2D eigenvalue weighted by atomic mass is 16.2. The van der Waals surface area contributed by atoms with Crippen molar-refractivity contribution in [2.45, 2.75) is 44.9 Å². The van der Waals surface area contributed by atoms with Crippen molar-refractivity contribution in [2.24, 2.45) is 11.8 Å². The zero-order valence-corrected chi connectivity index (χ0v) is 15.5. The Bertz CT molecular complexity index is 663. The van der Waals surface area contributed by atoms with Gasteiger partial charge in [-0.2, -0.15) is 0 Å². The molecule has 0 aromatic heterocycles. The van der Waals surface area contributed by atoms with Gasteiger partial charge in [0, 0.05) is 32.6 Å². The molecule has 140 valence electrons. The minimum atomic E-state index is -0.224. The van der Waals surface area contributed by atoms with Gasteiger partial charge < -0.3 is 15.1 Å². The van der Waals surface area contributed by atoms with E-state index in [4.69, 9.17) is 0 Å². The van der Waals surface area contributed by atoms with E-state index in [1.54, 1.807) is 0 Å². The van der Waals surface area contributed by atoms with E-state index in [2.05, 4.69) is 16.3 Å². The first kappa shape index (κ1) is 17.4. The Balaban J connectivity index is 1.42. The normalized spacial score (nSPS) is 23.8. The first-order valence-electron chi connectivity index (χ1n) is 10.1. The standard InChI is InChI=1S/C21H29N3O2/c25-20-13-17(15-24(20)14-16-9-10-16)21(26)22-18-7-3-4-8-19(18)23-11-5-1-2-6-12-23/h3-4,7-8,16-17H,1-2,5-6,9-15H2,(H,22,26). The number of para-hydroxylation sites is 2. The fraction of sp³-hybridized carbons (Fsp3) is 0.619. The van der Waals surface area contributed by atoms with Crippen LogP contribution in [0.1, 0.15) is 44.9 Å². The van der Waals surface area contributed by atoms with Gasteiger partial charge in [-0.05, 0) is 43.7 Å². The minimum absolute atomic E-state index is 0.0149. The first-order chi connectivity index (χ1) is 12.7. The topological polar surface area (TPSA) is 52.7 Å². The van der Waals surface area contributed by atoms with Crippen molar-refractivity contribution in [2.75, 3.05) is 36.4 Å². The molecular weight excluding hydrogens is 326 g/mol. The van der Waals surface area contributed by atoms with Crippen LogP contribution < -0.4 is 10.2 Å². The summed E-state index contributed by atoms with van der Waals surface area (Å²) in [7, 11) is 0. The maximum Gasteiger partial charge on any atom is 0.229 e. The second-order valence-electron chi connectivity index (χ2n) is 8.05. The summed E-state index contributed by atoms with van der Waals surface area (Å²) >= 11 is 0. The summed E-state index contributed by atoms with van der Waals surface area (Å²) in [5.41, 5.74) is 1.99. The molecule has 0 bridgehead atoms. The molecule has 1 aromatic carbocycles. The quantitative estimate of drug-likeness (QED) is 0.882. The number of nitrogens with zero attached hydrogens (tertiary/aromatic N) is 2. The third kappa shape index (κ3) is 4.02. The van der Waals surface area contributed by atoms with Crippen molar-refractivity contribution in [1.82, 2.24) is 4.90 Å². The summed E-state index contributed by atoms with van der Waals surface area (Å²) in [5.74, 6) is 0.569. The first-order valence-corrected chi connectivity index (χ1v) is 10.1. The van der Waals surface area contributed by atoms with Crippen LogP contribution in [0.2, 0.25) is 0 Å². The van der Waals surface area contributed by atoms with Gasteiger partial charge in [-0.3, -0.25) is 9.59 Å². The van der Waals surface area contributed by atoms with Crippen LogP contribution in [0.5, 0.6) is 0 Å². The van der Waals surface area contributed by atoms with E-state index in [9.17, 15) is 9.59 Å². The summed E-state index contributed by atoms with van der Waals surface area (Å²) in [5, 5.41) is 3.12. The lowest BCUT2D eigenvalue weighted by atomic mass is 10.1. The zero-order valence-electron chi connectivity index (χ0n) is 15.5. The molecule has 3 aliphatic rings. The Hall–Kier alpha value is -2.04. The van der Waals surface area contributed by atoms with Gasteiger partial charge in [0.05, 0.1) is 17.3 Å². The molecule has 1 unspecified atom stereocenters. The highest BCUT2D eigenvalue weighted by Gasteiger charge is 2.37. The van der Waals surface area contributed by atoms with Crippen LogP contribution in [-0.4, -0.2) is 42.9 Å². The summed E-state index contributed by atoms with van der Waals surface area (Å²) in [4.78, 5) is 29.3. The van der Waals surface area contributed by atoms with Gasteiger partial charge in [0.2, 0.25) is 11.8 Å². The van der Waals surface area contributed by atoms with Crippen LogP contribution >= 0.6 is 0 Å². The van der Waals surface area contributed by atoms with Crippen LogP contribution in [-0.2, 0) is 9.59 Å². The fourth-order valence-corrected chi connectivity index (χ4v) is 4.14. The minimum Gasteiger partial charge on any atom is -0.370 e. The molecule has 26 heavy (non-hydrogen) atoms. The fourth-order valence-electron chi connectivity index (χ4n) is 4.14. The van der Waals surface area contributed by atoms with Crippen molar-refractivity contribution in [3.63, 3.8) is 0 Å². The summed E-state index contributed by atoms with van der Waals surface area (Å²) in [6.07, 6.45) is 7.78. The van der Waals surface area contributed by atoms with Crippen LogP contribution in [0, 0.1) is 11.8 Å². The van der Waals surface area contributed by atoms with Crippen molar-refractivity contribution in [3.8, 4) is 0 Å². The molecule has 3 fully saturated rings. The van der Waals surface area contributed by atoms with Crippen LogP contribution in [0.25, 0.3) is 0 Å². The molecule has 1 saturated carbocycles. The largest absolute Gasteiger partial charge is 0.370 e. The maximum absolute atomic E-state index is 12.8. The van der Waals surface area contributed by atoms with Crippen molar-refractivity contribution in [1.29, 1.82) is 0 Å². The number of hydrogen-bond acceptors (Lipinski definition) is 3. The number of amides is 2. The lowest BCUT2D eigenvalue weighted by Crippen LogP contribution is -2.30. The van der Waals surface area contributed by atoms with Crippen molar-refractivity contribution >= 4 is 23.2 Å². The van der Waals surface area contributed by atoms with Gasteiger partial charge >= 0.3 is 0 Å². The number of nitrogens with one attached hydrogen (secondary N) is 1. The number of carbonyl (C=O) groups is 2. The number of benzene rings is 1. The van der Waals surface area contributed by atoms with E-state index < -0.39 is 0 Å². The number of hydrogen-bond donors (Lipinski definition) is 1. The molecule has 4 rings (SSSR count). The lowest BCUT2D eigenvalue weighted by Gasteiger charge is -2.26. The Kier molecular flexibility index (Phi) is 5.14. The molecule has 2 aliphatic heterocycles. The molecule has 0 spiro atoms. The molecular formula is C21H29N3O2. The predicted molar refractivity (Wildman–Crippen MR) is 103 cm³/mol. The van der Waals surface area contributed by atoms with E-state index in [1.165, 1.54) is 38.5 Å². The highest BCUT2D eigenvalue weighted by molar-refractivity contribution is 5.99. The van der Waals surface area contributed by atoms with Crippen molar-refractivity contribution < 1.29 is 9.59 Å². The Labute approximate surface area is 155 Å². The molecule has 1 aliphatic carbocycles. The summed E-state index contributed by atoms with van der Waals surface area (Å²) in [6, 6.07) is 8.08. The second kappa shape index (κ2) is 7.68. The van der Waals surface area contributed by atoms with E-state index in [0.717, 1.165) is 31.0 Å². The predicted octanol–water partition coefficient (Wildman–Crippen LogP) is 3.26. The Morgan fingerprint density at radius 3 is 2.54 bits per heavy atom. The molecule has 2 heterocycles. The van der Waals surface area contributed by atoms with Crippen LogP contribution in [0.4, 0.5) is 11.4 Å². The number of rotatable bonds is 5. The summed E-state index contributed by atoms with van der Waals surface area (Å²) in [6.45, 7) is 3.51. The molecule has 5 heteroatoms.